The maximum absolute atomic E-state index is 14.1. The van der Waals surface area contributed by atoms with Crippen molar-refractivity contribution in [1.82, 2.24) is 14.8 Å². The molecule has 25 heavy (non-hydrogen) atoms. The van der Waals surface area contributed by atoms with Gasteiger partial charge in [0.1, 0.15) is 10.7 Å². The number of hydrogen-bond acceptors (Lipinski definition) is 5. The molecule has 0 aliphatic rings. The first-order valence-electron chi connectivity index (χ1n) is 7.71. The molecule has 3 rings (SSSR count). The summed E-state index contributed by atoms with van der Waals surface area (Å²) in [6, 6.07) is 12.7. The Bertz CT molecular complexity index is 911. The second kappa shape index (κ2) is 7.48. The molecule has 0 radical (unpaired) electrons. The van der Waals surface area contributed by atoms with Crippen LogP contribution in [0.4, 0.5) is 4.39 Å². The number of carbonyl (C=O) groups excluding carboxylic acids is 1. The van der Waals surface area contributed by atoms with E-state index in [-0.39, 0.29) is 18.0 Å². The van der Waals surface area contributed by atoms with Crippen molar-refractivity contribution in [1.29, 1.82) is 0 Å². The highest BCUT2D eigenvalue weighted by Gasteiger charge is 2.19. The van der Waals surface area contributed by atoms with Crippen LogP contribution in [0.25, 0.3) is 5.69 Å². The molecule has 0 bridgehead atoms. The molecule has 0 unspecified atom stereocenters. The zero-order valence-electron chi connectivity index (χ0n) is 13.8. The second-order valence-corrected chi connectivity index (χ2v) is 6.33. The van der Waals surface area contributed by atoms with Gasteiger partial charge < -0.3 is 4.74 Å². The fourth-order valence-corrected chi connectivity index (χ4v) is 3.28. The quantitative estimate of drug-likeness (QED) is 0.509. The fraction of sp³-hybridized carbons (Fsp3) is 0.167. The molecule has 2 aromatic heterocycles. The van der Waals surface area contributed by atoms with Crippen molar-refractivity contribution in [2.75, 3.05) is 6.61 Å². The summed E-state index contributed by atoms with van der Waals surface area (Å²) in [6.45, 7) is 3.96. The Balaban J connectivity index is 2.05. The molecule has 0 saturated carbocycles. The minimum Gasteiger partial charge on any atom is -0.461 e. The number of carbonyl (C=O) groups is 1. The van der Waals surface area contributed by atoms with Crippen molar-refractivity contribution in [3.8, 4) is 5.69 Å². The maximum Gasteiger partial charge on any atom is 0.358 e. The van der Waals surface area contributed by atoms with Gasteiger partial charge in [-0.25, -0.2) is 14.5 Å². The van der Waals surface area contributed by atoms with E-state index in [1.54, 1.807) is 25.1 Å². The first-order chi connectivity index (χ1) is 12.1. The van der Waals surface area contributed by atoms with Gasteiger partial charge in [-0.05, 0) is 38.1 Å². The number of aryl methyl sites for hydroxylation is 1. The predicted octanol–water partition coefficient (Wildman–Crippen LogP) is 4.04. The first kappa shape index (κ1) is 17.2. The Hall–Kier alpha value is -2.67. The minimum absolute atomic E-state index is 0.125. The van der Waals surface area contributed by atoms with Gasteiger partial charge in [-0.3, -0.25) is 0 Å². The number of rotatable bonds is 5. The lowest BCUT2D eigenvalue weighted by Crippen LogP contribution is -2.08. The van der Waals surface area contributed by atoms with Crippen LogP contribution in [0.2, 0.25) is 0 Å². The first-order valence-corrected chi connectivity index (χ1v) is 8.52. The molecule has 3 aromatic rings. The van der Waals surface area contributed by atoms with Gasteiger partial charge in [-0.2, -0.15) is 9.49 Å². The normalized spacial score (nSPS) is 10.7. The molecule has 0 spiro atoms. The van der Waals surface area contributed by atoms with Crippen molar-refractivity contribution in [3.05, 3.63) is 65.9 Å². The summed E-state index contributed by atoms with van der Waals surface area (Å²) in [7, 11) is 0. The van der Waals surface area contributed by atoms with Crippen LogP contribution in [-0.4, -0.2) is 27.3 Å². The van der Waals surface area contributed by atoms with E-state index < -0.39 is 11.9 Å². The number of hydrogen-bond donors (Lipinski definition) is 0. The van der Waals surface area contributed by atoms with Crippen LogP contribution in [0.1, 0.15) is 23.0 Å². The van der Waals surface area contributed by atoms with Crippen molar-refractivity contribution in [3.63, 3.8) is 0 Å². The molecule has 0 fully saturated rings. The molecule has 0 aliphatic heterocycles. The molecule has 0 saturated heterocycles. The zero-order valence-corrected chi connectivity index (χ0v) is 14.6. The summed E-state index contributed by atoms with van der Waals surface area (Å²) >= 11 is 1.39. The number of ether oxygens (including phenoxy) is 1. The van der Waals surface area contributed by atoms with Gasteiger partial charge in [0.15, 0.2) is 5.69 Å². The molecular weight excluding hydrogens is 341 g/mol. The highest BCUT2D eigenvalue weighted by molar-refractivity contribution is 7.99. The van der Waals surface area contributed by atoms with Crippen LogP contribution in [-0.2, 0) is 4.74 Å². The van der Waals surface area contributed by atoms with Gasteiger partial charge in [0.2, 0.25) is 5.95 Å². The molecule has 0 atom stereocenters. The van der Waals surface area contributed by atoms with Gasteiger partial charge in [0.05, 0.1) is 6.61 Å². The summed E-state index contributed by atoms with van der Waals surface area (Å²) in [6.07, 6.45) is 1.36. The lowest BCUT2D eigenvalue weighted by atomic mass is 10.2. The van der Waals surface area contributed by atoms with E-state index in [0.717, 1.165) is 10.5 Å². The Labute approximate surface area is 148 Å². The Morgan fingerprint density at radius 3 is 2.84 bits per heavy atom. The van der Waals surface area contributed by atoms with Gasteiger partial charge in [0.25, 0.3) is 0 Å². The number of esters is 1. The van der Waals surface area contributed by atoms with E-state index in [4.69, 9.17) is 4.74 Å². The van der Waals surface area contributed by atoms with Crippen LogP contribution in [0, 0.1) is 12.9 Å². The molecule has 0 aliphatic carbocycles. The standard InChI is InChI=1S/C18H16FN3O2S/c1-3-24-18(23)14-11-16(25-13-7-4-6-12(2)10-13)22(21-14)15-8-5-9-20-17(15)19/h4-11H,3H2,1-2H3. The summed E-state index contributed by atoms with van der Waals surface area (Å²) < 4.78 is 20.5. The Morgan fingerprint density at radius 2 is 2.12 bits per heavy atom. The summed E-state index contributed by atoms with van der Waals surface area (Å²) in [5.74, 6) is -1.20. The second-order valence-electron chi connectivity index (χ2n) is 5.23. The van der Waals surface area contributed by atoms with E-state index in [2.05, 4.69) is 10.1 Å². The number of benzene rings is 1. The van der Waals surface area contributed by atoms with E-state index in [1.165, 1.54) is 22.6 Å². The van der Waals surface area contributed by atoms with Gasteiger partial charge in [0, 0.05) is 17.2 Å². The van der Waals surface area contributed by atoms with Crippen LogP contribution in [0.5, 0.6) is 0 Å². The highest BCUT2D eigenvalue weighted by atomic mass is 32.2. The third-order valence-electron chi connectivity index (χ3n) is 3.34. The van der Waals surface area contributed by atoms with Crippen LogP contribution in [0.3, 0.4) is 0 Å². The van der Waals surface area contributed by atoms with Crippen LogP contribution < -0.4 is 0 Å². The molecule has 5 nitrogen and oxygen atoms in total. The number of aromatic nitrogens is 3. The van der Waals surface area contributed by atoms with Crippen molar-refractivity contribution in [2.24, 2.45) is 0 Å². The predicted molar refractivity (Wildman–Crippen MR) is 92.6 cm³/mol. The van der Waals surface area contributed by atoms with Crippen molar-refractivity contribution in [2.45, 2.75) is 23.8 Å². The molecule has 0 amide bonds. The smallest absolute Gasteiger partial charge is 0.358 e. The topological polar surface area (TPSA) is 57.0 Å². The number of nitrogens with zero attached hydrogens (tertiary/aromatic N) is 3. The third-order valence-corrected chi connectivity index (χ3v) is 4.33. The van der Waals surface area contributed by atoms with Gasteiger partial charge in [-0.1, -0.05) is 29.5 Å². The molecule has 7 heteroatoms. The van der Waals surface area contributed by atoms with Crippen molar-refractivity contribution < 1.29 is 13.9 Å². The molecule has 1 aromatic carbocycles. The highest BCUT2D eigenvalue weighted by Crippen LogP contribution is 2.31. The minimum atomic E-state index is -0.660. The molecule has 2 heterocycles. The van der Waals surface area contributed by atoms with Crippen LogP contribution in [0.15, 0.2) is 58.6 Å². The average molecular weight is 357 g/mol. The fourth-order valence-electron chi connectivity index (χ4n) is 2.25. The monoisotopic (exact) mass is 357 g/mol. The number of pyridine rings is 1. The average Bonchev–Trinajstić information content (AvgIpc) is 2.99. The lowest BCUT2D eigenvalue weighted by molar-refractivity contribution is 0.0519. The van der Waals surface area contributed by atoms with Crippen molar-refractivity contribution >= 4 is 17.7 Å². The summed E-state index contributed by atoms with van der Waals surface area (Å²) in [5.41, 5.74) is 1.41. The molecular formula is C18H16FN3O2S. The Morgan fingerprint density at radius 1 is 1.28 bits per heavy atom. The lowest BCUT2D eigenvalue weighted by Gasteiger charge is -2.07. The van der Waals surface area contributed by atoms with E-state index in [9.17, 15) is 9.18 Å². The number of halogens is 1. The van der Waals surface area contributed by atoms with E-state index >= 15 is 0 Å². The third kappa shape index (κ3) is 3.88. The van der Waals surface area contributed by atoms with Gasteiger partial charge >= 0.3 is 5.97 Å². The summed E-state index contributed by atoms with van der Waals surface area (Å²) in [5, 5.41) is 4.82. The van der Waals surface area contributed by atoms with E-state index in [1.807, 2.05) is 31.2 Å². The van der Waals surface area contributed by atoms with Crippen LogP contribution >= 0.6 is 11.8 Å². The molecule has 128 valence electrons. The Kier molecular flexibility index (Phi) is 5.14. The zero-order chi connectivity index (χ0) is 17.8. The van der Waals surface area contributed by atoms with Gasteiger partial charge in [-0.15, -0.1) is 0 Å². The SMILES string of the molecule is CCOC(=O)c1cc(Sc2cccc(C)c2)n(-c2cccnc2F)n1. The molecule has 0 N–H and O–H groups in total. The van der Waals surface area contributed by atoms with E-state index in [0.29, 0.717) is 5.03 Å². The maximum atomic E-state index is 14.1. The largest absolute Gasteiger partial charge is 0.461 e. The summed E-state index contributed by atoms with van der Waals surface area (Å²) in [4.78, 5) is 16.6.